The van der Waals surface area contributed by atoms with Crippen molar-refractivity contribution in [3.05, 3.63) is 64.8 Å². The molecule has 1 fully saturated rings. The summed E-state index contributed by atoms with van der Waals surface area (Å²) in [5.41, 5.74) is 0. The Hall–Kier alpha value is -3.78. The first-order valence-corrected chi connectivity index (χ1v) is 15.6. The number of unbranched alkanes of at least 4 members (excludes halogenated alkanes) is 4. The second kappa shape index (κ2) is 21.1. The molecule has 0 heterocycles. The number of esters is 1. The van der Waals surface area contributed by atoms with E-state index in [-0.39, 0.29) is 32.7 Å². The summed E-state index contributed by atoms with van der Waals surface area (Å²) in [7, 11) is 0. The number of carbonyl (C=O) groups excluding carboxylic acids is 2. The summed E-state index contributed by atoms with van der Waals surface area (Å²) in [5.74, 6) is -4.41. The van der Waals surface area contributed by atoms with Gasteiger partial charge >= 0.3 is 12.1 Å². The average molecular weight is 657 g/mol. The smallest absolute Gasteiger partial charge is 0.407 e. The molecule has 0 unspecified atom stereocenters. The molecule has 0 bridgehead atoms. The SMILES string of the molecule is C[C@@H](COC(=O)CCC/C=C\C[C@@H]1[C@@H](/C=C/C(F)(F)COc2ccccc2)[C@H](O)C[C@@H]1O)NC(=O)OCCCCCCO[N+](=O)[O-]. The molecule has 258 valence electrons. The monoisotopic (exact) mass is 656 g/mol. The third-order valence-electron chi connectivity index (χ3n) is 7.31. The molecule has 0 aromatic heterocycles. The van der Waals surface area contributed by atoms with Crippen molar-refractivity contribution in [3.63, 3.8) is 0 Å². The van der Waals surface area contributed by atoms with Gasteiger partial charge in [-0.05, 0) is 69.6 Å². The molecule has 12 nitrogen and oxygen atoms in total. The topological polar surface area (TPSA) is 167 Å². The van der Waals surface area contributed by atoms with Crippen molar-refractivity contribution >= 4 is 12.1 Å². The Morgan fingerprint density at radius 3 is 2.50 bits per heavy atom. The van der Waals surface area contributed by atoms with Gasteiger partial charge in [-0.2, -0.15) is 8.78 Å². The van der Waals surface area contributed by atoms with Crippen LogP contribution in [-0.2, 0) is 19.1 Å². The molecule has 0 radical (unpaired) electrons. The number of nitrogens with zero attached hydrogens (tertiary/aromatic N) is 1. The van der Waals surface area contributed by atoms with Gasteiger partial charge in [0.1, 0.15) is 12.4 Å². The Labute approximate surface area is 267 Å². The van der Waals surface area contributed by atoms with Crippen molar-refractivity contribution in [2.75, 3.05) is 26.4 Å². The first-order chi connectivity index (χ1) is 22.0. The lowest BCUT2D eigenvalue weighted by Gasteiger charge is -2.20. The number of para-hydroxylation sites is 1. The normalized spacial score (nSPS) is 20.5. The second-order valence-corrected chi connectivity index (χ2v) is 11.3. The fourth-order valence-corrected chi connectivity index (χ4v) is 4.87. The third-order valence-corrected chi connectivity index (χ3v) is 7.31. The van der Waals surface area contributed by atoms with Crippen LogP contribution in [0.1, 0.15) is 64.7 Å². The number of hydrogen-bond donors (Lipinski definition) is 3. The van der Waals surface area contributed by atoms with Gasteiger partial charge in [0.2, 0.25) is 0 Å². The van der Waals surface area contributed by atoms with Gasteiger partial charge in [-0.15, -0.1) is 10.1 Å². The van der Waals surface area contributed by atoms with Crippen LogP contribution in [0.3, 0.4) is 0 Å². The molecule has 0 saturated heterocycles. The summed E-state index contributed by atoms with van der Waals surface area (Å²) in [6.07, 6.45) is 7.53. The fourth-order valence-electron chi connectivity index (χ4n) is 4.87. The summed E-state index contributed by atoms with van der Waals surface area (Å²) in [5, 5.41) is 32.5. The molecule has 1 aliphatic carbocycles. The standard InChI is InChI=1S/C32H46F2N2O10/c1-24(35-31(40)43-19-11-4-5-12-20-46-36(41)42)22-44-30(39)16-10-3-2-9-15-26-27(29(38)21-28(26)37)17-18-32(33,34)23-45-25-13-7-6-8-14-25/h2,6-9,13-14,17-18,24,26-29,37-38H,3-5,10-12,15-16,19-23H2,1H3,(H,35,40)/b9-2-,18-17+/t24-,26+,27+,28-,29+/m0/s1. The van der Waals surface area contributed by atoms with Crippen LogP contribution in [0.25, 0.3) is 0 Å². The maximum absolute atomic E-state index is 14.4. The minimum atomic E-state index is -3.25. The Bertz CT molecular complexity index is 1110. The number of alkyl carbamates (subject to hydrolysis) is 1. The number of nitrogens with one attached hydrogen (secondary N) is 1. The number of carbonyl (C=O) groups is 2. The van der Waals surface area contributed by atoms with Crippen LogP contribution in [0.4, 0.5) is 13.6 Å². The molecule has 1 aliphatic rings. The van der Waals surface area contributed by atoms with Crippen molar-refractivity contribution < 1.29 is 52.7 Å². The van der Waals surface area contributed by atoms with Gasteiger partial charge in [0.25, 0.3) is 11.0 Å². The highest BCUT2D eigenvalue weighted by atomic mass is 19.3. The minimum absolute atomic E-state index is 0.0194. The number of alkyl halides is 2. The van der Waals surface area contributed by atoms with Crippen LogP contribution in [0.5, 0.6) is 5.75 Å². The highest BCUT2D eigenvalue weighted by Gasteiger charge is 2.40. The summed E-state index contributed by atoms with van der Waals surface area (Å²) < 4.78 is 44.2. The average Bonchev–Trinajstić information content (AvgIpc) is 3.28. The zero-order valence-electron chi connectivity index (χ0n) is 26.1. The van der Waals surface area contributed by atoms with Gasteiger partial charge in [-0.25, -0.2) is 4.79 Å². The van der Waals surface area contributed by atoms with Crippen molar-refractivity contribution in [1.29, 1.82) is 0 Å². The zero-order chi connectivity index (χ0) is 33.8. The number of amides is 1. The van der Waals surface area contributed by atoms with Gasteiger partial charge < -0.3 is 34.6 Å². The van der Waals surface area contributed by atoms with Crippen LogP contribution in [0.15, 0.2) is 54.6 Å². The molecule has 1 aromatic rings. The molecule has 3 N–H and O–H groups in total. The van der Waals surface area contributed by atoms with E-state index in [1.54, 1.807) is 37.3 Å². The fraction of sp³-hybridized carbons (Fsp3) is 0.625. The van der Waals surface area contributed by atoms with Crippen LogP contribution in [-0.4, -0.2) is 78.0 Å². The van der Waals surface area contributed by atoms with Gasteiger partial charge in [0.15, 0.2) is 6.61 Å². The molecule has 14 heteroatoms. The van der Waals surface area contributed by atoms with E-state index in [9.17, 15) is 38.7 Å². The number of rotatable bonds is 22. The predicted octanol–water partition coefficient (Wildman–Crippen LogP) is 5.16. The molecule has 1 saturated carbocycles. The third kappa shape index (κ3) is 16.5. The summed E-state index contributed by atoms with van der Waals surface area (Å²) >= 11 is 0. The van der Waals surface area contributed by atoms with Gasteiger partial charge in [0.05, 0.1) is 31.5 Å². The van der Waals surface area contributed by atoms with E-state index in [1.807, 2.05) is 12.2 Å². The van der Waals surface area contributed by atoms with E-state index >= 15 is 0 Å². The second-order valence-electron chi connectivity index (χ2n) is 11.3. The molecular formula is C32H46F2N2O10. The van der Waals surface area contributed by atoms with E-state index in [2.05, 4.69) is 10.2 Å². The van der Waals surface area contributed by atoms with E-state index in [1.165, 1.54) is 6.08 Å². The summed E-state index contributed by atoms with van der Waals surface area (Å²) in [6.45, 7) is 1.04. The largest absolute Gasteiger partial charge is 0.487 e. The molecule has 1 amide bonds. The molecular weight excluding hydrogens is 610 g/mol. The van der Waals surface area contributed by atoms with E-state index in [4.69, 9.17) is 14.2 Å². The highest BCUT2D eigenvalue weighted by molar-refractivity contribution is 5.69. The van der Waals surface area contributed by atoms with E-state index in [0.717, 1.165) is 12.5 Å². The Kier molecular flexibility index (Phi) is 17.6. The lowest BCUT2D eigenvalue weighted by atomic mass is 9.89. The van der Waals surface area contributed by atoms with Gasteiger partial charge in [-0.1, -0.05) is 42.8 Å². The van der Waals surface area contributed by atoms with Crippen LogP contribution in [0, 0.1) is 22.0 Å². The number of aliphatic hydroxyl groups is 2. The minimum Gasteiger partial charge on any atom is -0.487 e. The lowest BCUT2D eigenvalue weighted by molar-refractivity contribution is -0.757. The maximum Gasteiger partial charge on any atom is 0.407 e. The number of aliphatic hydroxyl groups excluding tert-OH is 2. The number of ether oxygens (including phenoxy) is 3. The number of halogens is 2. The zero-order valence-corrected chi connectivity index (χ0v) is 26.1. The van der Waals surface area contributed by atoms with Crippen LogP contribution in [0.2, 0.25) is 0 Å². The van der Waals surface area contributed by atoms with Crippen LogP contribution >= 0.6 is 0 Å². The quantitative estimate of drug-likeness (QED) is 0.0499. The molecule has 0 aliphatic heterocycles. The molecule has 1 aromatic carbocycles. The molecule has 46 heavy (non-hydrogen) atoms. The lowest BCUT2D eigenvalue weighted by Crippen LogP contribution is -2.37. The van der Waals surface area contributed by atoms with Crippen molar-refractivity contribution in [2.45, 2.75) is 88.9 Å². The molecule has 2 rings (SSSR count). The van der Waals surface area contributed by atoms with Crippen molar-refractivity contribution in [3.8, 4) is 5.75 Å². The predicted molar refractivity (Wildman–Crippen MR) is 164 cm³/mol. The Morgan fingerprint density at radius 1 is 1.07 bits per heavy atom. The van der Waals surface area contributed by atoms with Crippen LogP contribution < -0.4 is 10.1 Å². The first kappa shape index (κ1) is 38.4. The summed E-state index contributed by atoms with van der Waals surface area (Å²) in [4.78, 5) is 38.2. The number of allylic oxidation sites excluding steroid dienone is 2. The van der Waals surface area contributed by atoms with Gasteiger partial charge in [0, 0.05) is 18.8 Å². The van der Waals surface area contributed by atoms with Crippen molar-refractivity contribution in [2.24, 2.45) is 11.8 Å². The highest BCUT2D eigenvalue weighted by Crippen LogP contribution is 2.37. The van der Waals surface area contributed by atoms with Crippen molar-refractivity contribution in [1.82, 2.24) is 5.32 Å². The number of hydrogen-bond acceptors (Lipinski definition) is 10. The Morgan fingerprint density at radius 2 is 1.78 bits per heavy atom. The Balaban J connectivity index is 1.59. The maximum atomic E-state index is 14.4. The number of benzene rings is 1. The molecule has 0 spiro atoms. The van der Waals surface area contributed by atoms with E-state index in [0.29, 0.717) is 44.3 Å². The summed E-state index contributed by atoms with van der Waals surface area (Å²) in [6, 6.07) is 7.83. The van der Waals surface area contributed by atoms with Gasteiger partial charge in [-0.3, -0.25) is 4.79 Å². The first-order valence-electron chi connectivity index (χ1n) is 15.6. The van der Waals surface area contributed by atoms with E-state index < -0.39 is 59.8 Å². The molecule has 5 atom stereocenters.